The van der Waals surface area contributed by atoms with Gasteiger partial charge < -0.3 is 23.9 Å². The molecule has 176 valence electrons. The lowest BCUT2D eigenvalue weighted by Crippen LogP contribution is -2.37. The molecule has 0 unspecified atom stereocenters. The molecule has 34 heavy (non-hydrogen) atoms. The molecule has 2 aromatic heterocycles. The van der Waals surface area contributed by atoms with Crippen molar-refractivity contribution < 1.29 is 18.8 Å². The number of amides is 1. The molecule has 5 rings (SSSR count). The van der Waals surface area contributed by atoms with Gasteiger partial charge in [0.1, 0.15) is 23.9 Å². The standard InChI is InChI=1S/C27H29N3O4/c1-17-25(18(2)34-29-17)16-33-22-6-4-5-20(13-22)27(31)30-11-9-19(10-12-30)24-15-28-26-8-7-21(32-3)14-23(24)26/h4-8,13-15,19,28H,9-12,16H2,1-3H3. The summed E-state index contributed by atoms with van der Waals surface area (Å²) in [4.78, 5) is 18.5. The predicted molar refractivity (Wildman–Crippen MR) is 129 cm³/mol. The van der Waals surface area contributed by atoms with Crippen LogP contribution in [-0.2, 0) is 6.61 Å². The summed E-state index contributed by atoms with van der Waals surface area (Å²) in [6.07, 6.45) is 3.96. The van der Waals surface area contributed by atoms with Gasteiger partial charge in [-0.25, -0.2) is 0 Å². The van der Waals surface area contributed by atoms with E-state index in [1.54, 1.807) is 7.11 Å². The van der Waals surface area contributed by atoms with E-state index in [9.17, 15) is 4.79 Å². The smallest absolute Gasteiger partial charge is 0.253 e. The van der Waals surface area contributed by atoms with E-state index in [0.717, 1.165) is 54.2 Å². The van der Waals surface area contributed by atoms with Crippen molar-refractivity contribution in [2.45, 2.75) is 39.2 Å². The number of likely N-dealkylation sites (tertiary alicyclic amines) is 1. The molecule has 0 saturated carbocycles. The van der Waals surface area contributed by atoms with Crippen LogP contribution in [0, 0.1) is 13.8 Å². The molecule has 7 nitrogen and oxygen atoms in total. The third-order valence-corrected chi connectivity index (χ3v) is 6.79. The first-order valence-electron chi connectivity index (χ1n) is 11.6. The van der Waals surface area contributed by atoms with Crippen molar-refractivity contribution in [2.75, 3.05) is 20.2 Å². The van der Waals surface area contributed by atoms with Crippen LogP contribution < -0.4 is 9.47 Å². The summed E-state index contributed by atoms with van der Waals surface area (Å²) in [6.45, 7) is 5.58. The number of aromatic amines is 1. The van der Waals surface area contributed by atoms with Crippen molar-refractivity contribution in [1.29, 1.82) is 0 Å². The van der Waals surface area contributed by atoms with E-state index < -0.39 is 0 Å². The fourth-order valence-electron chi connectivity index (χ4n) is 4.74. The first-order chi connectivity index (χ1) is 16.5. The maximum Gasteiger partial charge on any atom is 0.253 e. The molecule has 0 spiro atoms. The fourth-order valence-corrected chi connectivity index (χ4v) is 4.74. The number of aryl methyl sites for hydroxylation is 2. The molecule has 0 bridgehead atoms. The number of carbonyl (C=O) groups excluding carboxylic acids is 1. The number of benzene rings is 2. The van der Waals surface area contributed by atoms with Crippen LogP contribution in [0.25, 0.3) is 10.9 Å². The van der Waals surface area contributed by atoms with E-state index in [2.05, 4.69) is 28.5 Å². The predicted octanol–water partition coefficient (Wildman–Crippen LogP) is 5.38. The van der Waals surface area contributed by atoms with Crippen LogP contribution in [0.1, 0.15) is 51.7 Å². The first-order valence-corrected chi connectivity index (χ1v) is 11.6. The number of carbonyl (C=O) groups is 1. The van der Waals surface area contributed by atoms with E-state index in [4.69, 9.17) is 14.0 Å². The third kappa shape index (κ3) is 4.25. The Morgan fingerprint density at radius 2 is 1.97 bits per heavy atom. The summed E-state index contributed by atoms with van der Waals surface area (Å²) in [5.74, 6) is 2.73. The van der Waals surface area contributed by atoms with E-state index in [1.165, 1.54) is 10.9 Å². The van der Waals surface area contributed by atoms with E-state index in [0.29, 0.717) is 23.8 Å². The fraction of sp³-hybridized carbons (Fsp3) is 0.333. The van der Waals surface area contributed by atoms with Crippen molar-refractivity contribution in [3.8, 4) is 11.5 Å². The zero-order valence-corrected chi connectivity index (χ0v) is 19.8. The second-order valence-corrected chi connectivity index (χ2v) is 8.84. The molecule has 7 heteroatoms. The molecule has 2 aromatic carbocycles. The van der Waals surface area contributed by atoms with Crippen LogP contribution in [0.4, 0.5) is 0 Å². The Morgan fingerprint density at radius 3 is 2.71 bits per heavy atom. The molecule has 1 aliphatic rings. The zero-order valence-electron chi connectivity index (χ0n) is 19.8. The van der Waals surface area contributed by atoms with Gasteiger partial charge in [-0.1, -0.05) is 11.2 Å². The number of nitrogens with zero attached hydrogens (tertiary/aromatic N) is 2. The highest BCUT2D eigenvalue weighted by atomic mass is 16.5. The lowest BCUT2D eigenvalue weighted by atomic mass is 9.89. The highest BCUT2D eigenvalue weighted by Crippen LogP contribution is 2.35. The van der Waals surface area contributed by atoms with E-state index in [-0.39, 0.29) is 5.91 Å². The average Bonchev–Trinajstić information content (AvgIpc) is 3.44. The Bertz CT molecular complexity index is 1300. The quantitative estimate of drug-likeness (QED) is 0.419. The number of aromatic nitrogens is 2. The minimum Gasteiger partial charge on any atom is -0.497 e. The number of ether oxygens (including phenoxy) is 2. The minimum absolute atomic E-state index is 0.0434. The Morgan fingerprint density at radius 1 is 1.15 bits per heavy atom. The average molecular weight is 460 g/mol. The normalized spacial score (nSPS) is 14.5. The highest BCUT2D eigenvalue weighted by molar-refractivity contribution is 5.94. The Balaban J connectivity index is 1.23. The zero-order chi connectivity index (χ0) is 23.7. The van der Waals surface area contributed by atoms with Gasteiger partial charge in [-0.3, -0.25) is 4.79 Å². The van der Waals surface area contributed by atoms with Crippen LogP contribution in [0.15, 0.2) is 53.2 Å². The Kier molecular flexibility index (Phi) is 6.01. The van der Waals surface area contributed by atoms with Crippen molar-refractivity contribution in [1.82, 2.24) is 15.0 Å². The molecular weight excluding hydrogens is 430 g/mol. The topological polar surface area (TPSA) is 80.6 Å². The number of H-pyrrole nitrogens is 1. The van der Waals surface area contributed by atoms with Crippen LogP contribution in [-0.4, -0.2) is 41.1 Å². The molecule has 0 atom stereocenters. The molecule has 1 aliphatic heterocycles. The number of hydrogen-bond acceptors (Lipinski definition) is 5. The monoisotopic (exact) mass is 459 g/mol. The molecule has 0 aliphatic carbocycles. The van der Waals surface area contributed by atoms with Crippen LogP contribution in [0.5, 0.6) is 11.5 Å². The molecular formula is C27H29N3O4. The summed E-state index contributed by atoms with van der Waals surface area (Å²) < 4.78 is 16.5. The number of piperidine rings is 1. The summed E-state index contributed by atoms with van der Waals surface area (Å²) in [5.41, 5.74) is 4.82. The highest BCUT2D eigenvalue weighted by Gasteiger charge is 2.26. The number of fused-ring (bicyclic) bond motifs is 1. The van der Waals surface area contributed by atoms with Gasteiger partial charge in [-0.05, 0) is 74.6 Å². The van der Waals surface area contributed by atoms with Gasteiger partial charge in [0.15, 0.2) is 0 Å². The van der Waals surface area contributed by atoms with Crippen molar-refractivity contribution in [2.24, 2.45) is 0 Å². The van der Waals surface area contributed by atoms with Crippen LogP contribution in [0.3, 0.4) is 0 Å². The second kappa shape index (κ2) is 9.25. The van der Waals surface area contributed by atoms with Crippen molar-refractivity contribution in [3.05, 3.63) is 76.8 Å². The summed E-state index contributed by atoms with van der Waals surface area (Å²) in [7, 11) is 1.69. The maximum atomic E-state index is 13.2. The molecule has 1 fully saturated rings. The minimum atomic E-state index is 0.0434. The molecule has 1 saturated heterocycles. The molecule has 4 aromatic rings. The third-order valence-electron chi connectivity index (χ3n) is 6.79. The summed E-state index contributed by atoms with van der Waals surface area (Å²) in [5, 5.41) is 5.16. The first kappa shape index (κ1) is 22.1. The molecule has 1 N–H and O–H groups in total. The Hall–Kier alpha value is -3.74. The SMILES string of the molecule is COc1ccc2[nH]cc(C3CCN(C(=O)c4cccc(OCc5c(C)noc5C)c4)CC3)c2c1. The van der Waals surface area contributed by atoms with Crippen molar-refractivity contribution in [3.63, 3.8) is 0 Å². The van der Waals surface area contributed by atoms with E-state index in [1.807, 2.05) is 49.1 Å². The number of nitrogens with one attached hydrogen (secondary N) is 1. The largest absolute Gasteiger partial charge is 0.497 e. The summed E-state index contributed by atoms with van der Waals surface area (Å²) >= 11 is 0. The number of rotatable bonds is 6. The van der Waals surface area contributed by atoms with Crippen molar-refractivity contribution >= 4 is 16.8 Å². The van der Waals surface area contributed by atoms with Gasteiger partial charge in [0.25, 0.3) is 5.91 Å². The van der Waals surface area contributed by atoms with Gasteiger partial charge in [-0.15, -0.1) is 0 Å². The van der Waals surface area contributed by atoms with Gasteiger partial charge >= 0.3 is 0 Å². The number of hydrogen-bond donors (Lipinski definition) is 1. The summed E-state index contributed by atoms with van der Waals surface area (Å²) in [6, 6.07) is 13.5. The second-order valence-electron chi connectivity index (χ2n) is 8.84. The van der Waals surface area contributed by atoms with Crippen LogP contribution >= 0.6 is 0 Å². The number of methoxy groups -OCH3 is 1. The molecule has 0 radical (unpaired) electrons. The van der Waals surface area contributed by atoms with Gasteiger partial charge in [0.2, 0.25) is 0 Å². The van der Waals surface area contributed by atoms with Gasteiger partial charge in [-0.2, -0.15) is 0 Å². The maximum absolute atomic E-state index is 13.2. The van der Waals surface area contributed by atoms with Crippen LogP contribution in [0.2, 0.25) is 0 Å². The molecule has 1 amide bonds. The van der Waals surface area contributed by atoms with Gasteiger partial charge in [0.05, 0.1) is 18.4 Å². The lowest BCUT2D eigenvalue weighted by molar-refractivity contribution is 0.0713. The Labute approximate surface area is 198 Å². The van der Waals surface area contributed by atoms with Gasteiger partial charge in [0, 0.05) is 35.8 Å². The lowest BCUT2D eigenvalue weighted by Gasteiger charge is -2.32. The van der Waals surface area contributed by atoms with E-state index >= 15 is 0 Å². The molecule has 3 heterocycles.